The molecule has 0 N–H and O–H groups in total. The minimum atomic E-state index is 0.789. The molecule has 2 aromatic rings. The first-order valence-electron chi connectivity index (χ1n) is 5.94. The number of para-hydroxylation sites is 2. The number of nitrogens with zero attached hydrogens (tertiary/aromatic N) is 1. The largest absolute Gasteiger partial charge is 0.340 e. The fraction of sp³-hybridized carbons (Fsp3) is 0.200. The van der Waals surface area contributed by atoms with E-state index in [1.807, 2.05) is 30.3 Å². The molecule has 0 saturated carbocycles. The van der Waals surface area contributed by atoms with E-state index in [-0.39, 0.29) is 0 Å². The van der Waals surface area contributed by atoms with Crippen LogP contribution in [0.1, 0.15) is 12.5 Å². The molecule has 0 atom stereocenters. The molecule has 2 rings (SSSR count). The van der Waals surface area contributed by atoms with Crippen molar-refractivity contribution in [1.29, 1.82) is 0 Å². The van der Waals surface area contributed by atoms with Gasteiger partial charge in [-0.3, -0.25) is 0 Å². The lowest BCUT2D eigenvalue weighted by Gasteiger charge is -2.26. The fourth-order valence-corrected chi connectivity index (χ4v) is 2.80. The van der Waals surface area contributed by atoms with Crippen LogP contribution in [0.2, 0.25) is 5.02 Å². The summed E-state index contributed by atoms with van der Waals surface area (Å²) in [5, 5.41) is 1.59. The van der Waals surface area contributed by atoms with Gasteiger partial charge in [0.1, 0.15) is 0 Å². The van der Waals surface area contributed by atoms with Crippen LogP contribution < -0.4 is 4.90 Å². The van der Waals surface area contributed by atoms with E-state index >= 15 is 0 Å². The quantitative estimate of drug-likeness (QED) is 0.681. The summed E-state index contributed by atoms with van der Waals surface area (Å²) >= 11 is 9.90. The van der Waals surface area contributed by atoms with Gasteiger partial charge in [-0.25, -0.2) is 0 Å². The van der Waals surface area contributed by atoms with E-state index < -0.39 is 0 Å². The summed E-state index contributed by atoms with van der Waals surface area (Å²) in [6.07, 6.45) is 0. The van der Waals surface area contributed by atoms with E-state index in [0.29, 0.717) is 0 Å². The van der Waals surface area contributed by atoms with Crippen LogP contribution in [0.25, 0.3) is 0 Å². The fourth-order valence-electron chi connectivity index (χ4n) is 2.05. The molecule has 0 heterocycles. The summed E-state index contributed by atoms with van der Waals surface area (Å²) in [4.78, 5) is 2.24. The van der Waals surface area contributed by atoms with Gasteiger partial charge in [-0.1, -0.05) is 57.9 Å². The molecule has 0 radical (unpaired) electrons. The number of rotatable bonds is 4. The van der Waals surface area contributed by atoms with E-state index in [2.05, 4.69) is 46.0 Å². The summed E-state index contributed by atoms with van der Waals surface area (Å²) < 4.78 is 0. The first-order chi connectivity index (χ1) is 8.77. The van der Waals surface area contributed by atoms with Gasteiger partial charge >= 0.3 is 0 Å². The van der Waals surface area contributed by atoms with Crippen molar-refractivity contribution in [1.82, 2.24) is 0 Å². The Morgan fingerprint density at radius 3 is 2.39 bits per heavy atom. The molecule has 0 aliphatic rings. The Bertz CT molecular complexity index is 513. The second kappa shape index (κ2) is 6.26. The molecule has 0 unspecified atom stereocenters. The molecule has 18 heavy (non-hydrogen) atoms. The van der Waals surface area contributed by atoms with E-state index in [0.717, 1.165) is 28.3 Å². The van der Waals surface area contributed by atoms with Crippen molar-refractivity contribution >= 4 is 38.9 Å². The molecule has 0 aromatic heterocycles. The van der Waals surface area contributed by atoms with Gasteiger partial charge in [0.15, 0.2) is 0 Å². The van der Waals surface area contributed by atoms with Crippen LogP contribution in [0.5, 0.6) is 0 Å². The van der Waals surface area contributed by atoms with Gasteiger partial charge in [0.25, 0.3) is 0 Å². The van der Waals surface area contributed by atoms with Crippen LogP contribution >= 0.6 is 27.5 Å². The van der Waals surface area contributed by atoms with Crippen molar-refractivity contribution < 1.29 is 0 Å². The molecule has 0 spiro atoms. The number of hydrogen-bond acceptors (Lipinski definition) is 1. The first kappa shape index (κ1) is 13.4. The smallest absolute Gasteiger partial charge is 0.0646 e. The Morgan fingerprint density at radius 1 is 1.06 bits per heavy atom. The first-order valence-corrected chi connectivity index (χ1v) is 7.43. The highest BCUT2D eigenvalue weighted by Gasteiger charge is 2.14. The number of hydrogen-bond donors (Lipinski definition) is 0. The Kier molecular flexibility index (Phi) is 4.67. The summed E-state index contributed by atoms with van der Waals surface area (Å²) in [5.74, 6) is 0. The molecule has 0 amide bonds. The van der Waals surface area contributed by atoms with Crippen molar-refractivity contribution in [3.63, 3.8) is 0 Å². The molecule has 0 fully saturated rings. The van der Waals surface area contributed by atoms with Crippen molar-refractivity contribution in [2.45, 2.75) is 12.3 Å². The molecule has 2 aromatic carbocycles. The zero-order valence-corrected chi connectivity index (χ0v) is 12.6. The third kappa shape index (κ3) is 2.70. The Balaban J connectivity index is 2.52. The van der Waals surface area contributed by atoms with Gasteiger partial charge in [-0.2, -0.15) is 0 Å². The highest BCUT2D eigenvalue weighted by Crippen LogP contribution is 2.35. The highest BCUT2D eigenvalue weighted by molar-refractivity contribution is 9.08. The van der Waals surface area contributed by atoms with Crippen LogP contribution in [-0.2, 0) is 5.33 Å². The zero-order valence-electron chi connectivity index (χ0n) is 10.2. The SMILES string of the molecule is CCN(c1ccccc1)c1c(Cl)cccc1CBr. The van der Waals surface area contributed by atoms with Gasteiger partial charge in [-0.05, 0) is 30.7 Å². The van der Waals surface area contributed by atoms with Crippen molar-refractivity contribution in [2.24, 2.45) is 0 Å². The van der Waals surface area contributed by atoms with Crippen LogP contribution in [0.3, 0.4) is 0 Å². The minimum absolute atomic E-state index is 0.789. The number of halogens is 2. The molecule has 3 heteroatoms. The van der Waals surface area contributed by atoms with Crippen LogP contribution in [-0.4, -0.2) is 6.54 Å². The third-order valence-corrected chi connectivity index (χ3v) is 3.78. The maximum Gasteiger partial charge on any atom is 0.0646 e. The van der Waals surface area contributed by atoms with Crippen molar-refractivity contribution in [3.05, 3.63) is 59.1 Å². The molecular formula is C15H15BrClN. The number of benzene rings is 2. The second-order valence-electron chi connectivity index (χ2n) is 3.96. The summed E-state index contributed by atoms with van der Waals surface area (Å²) in [6.45, 7) is 3.02. The standard InChI is InChI=1S/C15H15BrClN/c1-2-18(13-8-4-3-5-9-13)15-12(11-16)7-6-10-14(15)17/h3-10H,2,11H2,1H3. The Morgan fingerprint density at radius 2 is 1.78 bits per heavy atom. The van der Waals surface area contributed by atoms with Gasteiger partial charge in [0.05, 0.1) is 10.7 Å². The van der Waals surface area contributed by atoms with Gasteiger partial charge in [0, 0.05) is 17.6 Å². The average molecular weight is 325 g/mol. The van der Waals surface area contributed by atoms with Crippen molar-refractivity contribution in [2.75, 3.05) is 11.4 Å². The lowest BCUT2D eigenvalue weighted by molar-refractivity contribution is 1.01. The van der Waals surface area contributed by atoms with Crippen molar-refractivity contribution in [3.8, 4) is 0 Å². The summed E-state index contributed by atoms with van der Waals surface area (Å²) in [7, 11) is 0. The van der Waals surface area contributed by atoms with E-state index in [9.17, 15) is 0 Å². The minimum Gasteiger partial charge on any atom is -0.340 e. The zero-order chi connectivity index (χ0) is 13.0. The van der Waals surface area contributed by atoms with Gasteiger partial charge < -0.3 is 4.90 Å². The summed E-state index contributed by atoms with van der Waals surface area (Å²) in [5.41, 5.74) is 3.45. The molecule has 1 nitrogen and oxygen atoms in total. The van der Waals surface area contributed by atoms with Gasteiger partial charge in [-0.15, -0.1) is 0 Å². The predicted octanol–water partition coefficient (Wildman–Crippen LogP) is 5.39. The summed E-state index contributed by atoms with van der Waals surface area (Å²) in [6, 6.07) is 16.3. The molecular weight excluding hydrogens is 310 g/mol. The molecule has 0 bridgehead atoms. The maximum atomic E-state index is 6.37. The van der Waals surface area contributed by atoms with Crippen LogP contribution in [0, 0.1) is 0 Å². The van der Waals surface area contributed by atoms with E-state index in [1.165, 1.54) is 5.56 Å². The molecule has 94 valence electrons. The maximum absolute atomic E-state index is 6.37. The second-order valence-corrected chi connectivity index (χ2v) is 4.93. The predicted molar refractivity (Wildman–Crippen MR) is 83.2 cm³/mol. The molecule has 0 aliphatic carbocycles. The number of anilines is 2. The van der Waals surface area contributed by atoms with Crippen LogP contribution in [0.15, 0.2) is 48.5 Å². The Labute approximate surface area is 122 Å². The Hall–Kier alpha value is -0.990. The van der Waals surface area contributed by atoms with Gasteiger partial charge in [0.2, 0.25) is 0 Å². The normalized spacial score (nSPS) is 10.4. The lowest BCUT2D eigenvalue weighted by Crippen LogP contribution is -2.17. The van der Waals surface area contributed by atoms with Crippen LogP contribution in [0.4, 0.5) is 11.4 Å². The molecule has 0 aliphatic heterocycles. The number of alkyl halides is 1. The monoisotopic (exact) mass is 323 g/mol. The topological polar surface area (TPSA) is 3.24 Å². The highest BCUT2D eigenvalue weighted by atomic mass is 79.9. The molecule has 0 saturated heterocycles. The van der Waals surface area contributed by atoms with E-state index in [4.69, 9.17) is 11.6 Å². The average Bonchev–Trinajstić information content (AvgIpc) is 2.42. The third-order valence-electron chi connectivity index (χ3n) is 2.87. The van der Waals surface area contributed by atoms with E-state index in [1.54, 1.807) is 0 Å². The lowest BCUT2D eigenvalue weighted by atomic mass is 10.1.